The lowest BCUT2D eigenvalue weighted by Gasteiger charge is -2.23. The SMILES string of the molecule is CC(CNC(C)c1cccc(Cl)c1)NC(=O)OC(C)(C)C. The van der Waals surface area contributed by atoms with Gasteiger partial charge in [0.15, 0.2) is 0 Å². The van der Waals surface area contributed by atoms with Crippen molar-refractivity contribution < 1.29 is 9.53 Å². The van der Waals surface area contributed by atoms with Crippen molar-refractivity contribution in [3.63, 3.8) is 0 Å². The highest BCUT2D eigenvalue weighted by molar-refractivity contribution is 6.30. The van der Waals surface area contributed by atoms with Crippen molar-refractivity contribution in [2.24, 2.45) is 0 Å². The molecule has 0 bridgehead atoms. The van der Waals surface area contributed by atoms with Gasteiger partial charge in [-0.2, -0.15) is 0 Å². The molecule has 0 heterocycles. The molecule has 1 rings (SSSR count). The van der Waals surface area contributed by atoms with E-state index < -0.39 is 11.7 Å². The highest BCUT2D eigenvalue weighted by Crippen LogP contribution is 2.17. The molecule has 2 unspecified atom stereocenters. The highest BCUT2D eigenvalue weighted by atomic mass is 35.5. The van der Waals surface area contributed by atoms with Crippen molar-refractivity contribution in [3.05, 3.63) is 34.9 Å². The smallest absolute Gasteiger partial charge is 0.407 e. The number of ether oxygens (including phenoxy) is 1. The third kappa shape index (κ3) is 7.34. The lowest BCUT2D eigenvalue weighted by atomic mass is 10.1. The quantitative estimate of drug-likeness (QED) is 0.867. The second-order valence-corrected chi connectivity index (χ2v) is 6.67. The van der Waals surface area contributed by atoms with Gasteiger partial charge in [-0.25, -0.2) is 4.79 Å². The van der Waals surface area contributed by atoms with Crippen LogP contribution in [0.3, 0.4) is 0 Å². The zero-order chi connectivity index (χ0) is 16.0. The summed E-state index contributed by atoms with van der Waals surface area (Å²) in [5, 5.41) is 6.89. The molecular formula is C16H25ClN2O2. The fraction of sp³-hybridized carbons (Fsp3) is 0.562. The van der Waals surface area contributed by atoms with Gasteiger partial charge in [0, 0.05) is 23.7 Å². The molecule has 0 aliphatic rings. The zero-order valence-electron chi connectivity index (χ0n) is 13.4. The Kier molecular flexibility index (Phi) is 6.49. The van der Waals surface area contributed by atoms with Gasteiger partial charge in [-0.1, -0.05) is 23.7 Å². The van der Waals surface area contributed by atoms with E-state index in [2.05, 4.69) is 17.6 Å². The van der Waals surface area contributed by atoms with Gasteiger partial charge in [-0.15, -0.1) is 0 Å². The van der Waals surface area contributed by atoms with E-state index in [4.69, 9.17) is 16.3 Å². The van der Waals surface area contributed by atoms with Crippen LogP contribution >= 0.6 is 11.6 Å². The maximum Gasteiger partial charge on any atom is 0.407 e. The molecule has 1 amide bonds. The summed E-state index contributed by atoms with van der Waals surface area (Å²) in [4.78, 5) is 11.6. The van der Waals surface area contributed by atoms with Gasteiger partial charge in [-0.05, 0) is 52.3 Å². The van der Waals surface area contributed by atoms with E-state index in [1.165, 1.54) is 0 Å². The minimum atomic E-state index is -0.481. The second kappa shape index (κ2) is 7.66. The highest BCUT2D eigenvalue weighted by Gasteiger charge is 2.17. The second-order valence-electron chi connectivity index (χ2n) is 6.23. The summed E-state index contributed by atoms with van der Waals surface area (Å²) in [7, 11) is 0. The van der Waals surface area contributed by atoms with E-state index in [1.807, 2.05) is 52.0 Å². The summed E-state index contributed by atoms with van der Waals surface area (Å²) >= 11 is 5.98. The standard InChI is InChI=1S/C16H25ClN2O2/c1-11(19-15(20)21-16(3,4)5)10-18-12(2)13-7-6-8-14(17)9-13/h6-9,11-12,18H,10H2,1-5H3,(H,19,20). The Balaban J connectivity index is 2.39. The number of carbonyl (C=O) groups is 1. The Morgan fingerprint density at radius 2 is 2.00 bits per heavy atom. The van der Waals surface area contributed by atoms with Gasteiger partial charge in [0.1, 0.15) is 5.60 Å². The number of alkyl carbamates (subject to hydrolysis) is 1. The predicted molar refractivity (Wildman–Crippen MR) is 86.7 cm³/mol. The van der Waals surface area contributed by atoms with Gasteiger partial charge >= 0.3 is 6.09 Å². The van der Waals surface area contributed by atoms with E-state index in [-0.39, 0.29) is 12.1 Å². The molecule has 0 radical (unpaired) electrons. The van der Waals surface area contributed by atoms with Crippen molar-refractivity contribution in [1.82, 2.24) is 10.6 Å². The van der Waals surface area contributed by atoms with Gasteiger partial charge in [0.2, 0.25) is 0 Å². The van der Waals surface area contributed by atoms with Crippen LogP contribution in [-0.4, -0.2) is 24.3 Å². The Labute approximate surface area is 132 Å². The van der Waals surface area contributed by atoms with Gasteiger partial charge < -0.3 is 15.4 Å². The number of carbonyl (C=O) groups excluding carboxylic acids is 1. The minimum Gasteiger partial charge on any atom is -0.444 e. The topological polar surface area (TPSA) is 50.4 Å². The number of rotatable bonds is 5. The normalized spacial score (nSPS) is 14.4. The van der Waals surface area contributed by atoms with Crippen LogP contribution in [0, 0.1) is 0 Å². The van der Waals surface area contributed by atoms with Crippen LogP contribution < -0.4 is 10.6 Å². The molecule has 118 valence electrons. The van der Waals surface area contributed by atoms with Crippen LogP contribution in [0.25, 0.3) is 0 Å². The molecule has 0 fully saturated rings. The summed E-state index contributed by atoms with van der Waals surface area (Å²) < 4.78 is 5.22. The summed E-state index contributed by atoms with van der Waals surface area (Å²) in [5.41, 5.74) is 0.637. The molecule has 4 nitrogen and oxygen atoms in total. The fourth-order valence-electron chi connectivity index (χ4n) is 1.81. The third-order valence-electron chi connectivity index (χ3n) is 2.84. The van der Waals surface area contributed by atoms with Crippen LogP contribution in [-0.2, 0) is 4.74 Å². The predicted octanol–water partition coefficient (Wildman–Crippen LogP) is 3.90. The van der Waals surface area contributed by atoms with Crippen LogP contribution in [0.5, 0.6) is 0 Å². The lowest BCUT2D eigenvalue weighted by molar-refractivity contribution is 0.0507. The number of hydrogen-bond donors (Lipinski definition) is 2. The third-order valence-corrected chi connectivity index (χ3v) is 3.08. The van der Waals surface area contributed by atoms with E-state index in [0.717, 1.165) is 10.6 Å². The number of nitrogens with one attached hydrogen (secondary N) is 2. The summed E-state index contributed by atoms with van der Waals surface area (Å²) in [6, 6.07) is 7.87. The Morgan fingerprint density at radius 3 is 2.57 bits per heavy atom. The minimum absolute atomic E-state index is 0.0264. The molecule has 2 N–H and O–H groups in total. The van der Waals surface area contributed by atoms with E-state index in [9.17, 15) is 4.79 Å². The van der Waals surface area contributed by atoms with Crippen LogP contribution in [0.1, 0.15) is 46.2 Å². The Morgan fingerprint density at radius 1 is 1.33 bits per heavy atom. The molecule has 21 heavy (non-hydrogen) atoms. The molecule has 2 atom stereocenters. The first-order chi connectivity index (χ1) is 9.67. The summed E-state index contributed by atoms with van der Waals surface area (Å²) in [5.74, 6) is 0. The van der Waals surface area contributed by atoms with E-state index in [1.54, 1.807) is 0 Å². The fourth-order valence-corrected chi connectivity index (χ4v) is 2.01. The van der Waals surface area contributed by atoms with Crippen LogP contribution in [0.15, 0.2) is 24.3 Å². The average Bonchev–Trinajstić information content (AvgIpc) is 2.33. The molecule has 1 aromatic rings. The molecule has 1 aromatic carbocycles. The molecule has 0 aromatic heterocycles. The Hall–Kier alpha value is -1.26. The number of hydrogen-bond acceptors (Lipinski definition) is 3. The average molecular weight is 313 g/mol. The van der Waals surface area contributed by atoms with Crippen LogP contribution in [0.4, 0.5) is 4.79 Å². The van der Waals surface area contributed by atoms with Crippen molar-refractivity contribution in [2.75, 3.05) is 6.54 Å². The maximum atomic E-state index is 11.6. The molecule has 0 saturated carbocycles. The maximum absolute atomic E-state index is 11.6. The van der Waals surface area contributed by atoms with E-state index >= 15 is 0 Å². The zero-order valence-corrected chi connectivity index (χ0v) is 14.1. The van der Waals surface area contributed by atoms with Gasteiger partial charge in [-0.3, -0.25) is 0 Å². The van der Waals surface area contributed by atoms with Crippen molar-refractivity contribution in [2.45, 2.75) is 52.3 Å². The van der Waals surface area contributed by atoms with Crippen molar-refractivity contribution in [1.29, 1.82) is 0 Å². The van der Waals surface area contributed by atoms with Gasteiger partial charge in [0.25, 0.3) is 0 Å². The molecule has 5 heteroatoms. The molecule has 0 aliphatic carbocycles. The first-order valence-corrected chi connectivity index (χ1v) is 7.53. The molecular weight excluding hydrogens is 288 g/mol. The number of amides is 1. The summed E-state index contributed by atoms with van der Waals surface area (Å²) in [6.07, 6.45) is -0.396. The largest absolute Gasteiger partial charge is 0.444 e. The van der Waals surface area contributed by atoms with Crippen molar-refractivity contribution in [3.8, 4) is 0 Å². The number of benzene rings is 1. The summed E-state index contributed by atoms with van der Waals surface area (Å²) in [6.45, 7) is 10.2. The Bertz CT molecular complexity index is 472. The molecule has 0 saturated heterocycles. The number of halogens is 1. The molecule has 0 spiro atoms. The van der Waals surface area contributed by atoms with Crippen LogP contribution in [0.2, 0.25) is 5.02 Å². The first-order valence-electron chi connectivity index (χ1n) is 7.16. The monoisotopic (exact) mass is 312 g/mol. The lowest BCUT2D eigenvalue weighted by Crippen LogP contribution is -2.43. The van der Waals surface area contributed by atoms with Gasteiger partial charge in [0.05, 0.1) is 0 Å². The molecule has 0 aliphatic heterocycles. The van der Waals surface area contributed by atoms with Crippen molar-refractivity contribution >= 4 is 17.7 Å². The van der Waals surface area contributed by atoms with E-state index in [0.29, 0.717) is 6.54 Å². The first kappa shape index (κ1) is 17.8.